The molecule has 2 aromatic rings. The van der Waals surface area contributed by atoms with Crippen molar-refractivity contribution in [1.82, 2.24) is 9.97 Å². The number of benzene rings is 1. The third kappa shape index (κ3) is 3.18. The van der Waals surface area contributed by atoms with Crippen molar-refractivity contribution in [3.63, 3.8) is 0 Å². The predicted molar refractivity (Wildman–Crippen MR) is 78.8 cm³/mol. The lowest BCUT2D eigenvalue weighted by Crippen LogP contribution is -2.20. The van der Waals surface area contributed by atoms with Gasteiger partial charge in [-0.2, -0.15) is 0 Å². The van der Waals surface area contributed by atoms with E-state index < -0.39 is 0 Å². The van der Waals surface area contributed by atoms with E-state index in [-0.39, 0.29) is 5.92 Å². The second-order valence-electron chi connectivity index (χ2n) is 5.25. The van der Waals surface area contributed by atoms with Gasteiger partial charge in [-0.15, -0.1) is 0 Å². The van der Waals surface area contributed by atoms with Gasteiger partial charge >= 0.3 is 0 Å². The number of rotatable bonds is 4. The molecule has 1 unspecified atom stereocenters. The molecule has 0 saturated heterocycles. The minimum absolute atomic E-state index is 0.213. The van der Waals surface area contributed by atoms with E-state index in [4.69, 9.17) is 5.73 Å². The van der Waals surface area contributed by atoms with Gasteiger partial charge in [-0.3, -0.25) is 0 Å². The van der Waals surface area contributed by atoms with Crippen LogP contribution >= 0.6 is 0 Å². The van der Waals surface area contributed by atoms with E-state index >= 15 is 0 Å². The monoisotopic (exact) mass is 255 g/mol. The van der Waals surface area contributed by atoms with Gasteiger partial charge in [0.05, 0.1) is 5.69 Å². The maximum absolute atomic E-state index is 5.83. The number of nitrogens with two attached hydrogens (primary N) is 1. The minimum atomic E-state index is 0.213. The van der Waals surface area contributed by atoms with Crippen molar-refractivity contribution in [1.29, 1.82) is 0 Å². The molecule has 1 heterocycles. The second-order valence-corrected chi connectivity index (χ2v) is 5.25. The Morgan fingerprint density at radius 1 is 1.11 bits per heavy atom. The molecule has 0 aliphatic rings. The predicted octanol–water partition coefficient (Wildman–Crippen LogP) is 3.15. The van der Waals surface area contributed by atoms with E-state index in [0.29, 0.717) is 12.5 Å². The standard InChI is InChI=1S/C16H21N3/c1-11(2)14(10-17)16-18-9-8-15(19-16)13-6-4-12(3)5-7-13/h4-9,11,14H,10,17H2,1-3H3. The molecule has 3 nitrogen and oxygen atoms in total. The summed E-state index contributed by atoms with van der Waals surface area (Å²) in [5.41, 5.74) is 9.17. The normalized spacial score (nSPS) is 12.7. The molecule has 0 amide bonds. The zero-order valence-electron chi connectivity index (χ0n) is 11.8. The number of nitrogens with zero attached hydrogens (tertiary/aromatic N) is 2. The molecule has 0 radical (unpaired) electrons. The smallest absolute Gasteiger partial charge is 0.133 e. The van der Waals surface area contributed by atoms with Crippen molar-refractivity contribution in [2.45, 2.75) is 26.7 Å². The first kappa shape index (κ1) is 13.7. The van der Waals surface area contributed by atoms with Gasteiger partial charge in [0.15, 0.2) is 0 Å². The molecule has 2 N–H and O–H groups in total. The Hall–Kier alpha value is -1.74. The summed E-state index contributed by atoms with van der Waals surface area (Å²) >= 11 is 0. The fraction of sp³-hybridized carbons (Fsp3) is 0.375. The van der Waals surface area contributed by atoms with Crippen molar-refractivity contribution in [3.8, 4) is 11.3 Å². The Bertz CT molecular complexity index is 532. The number of hydrogen-bond donors (Lipinski definition) is 1. The molecule has 0 bridgehead atoms. The molecule has 1 atom stereocenters. The van der Waals surface area contributed by atoms with Crippen LogP contribution in [0.1, 0.15) is 31.2 Å². The highest BCUT2D eigenvalue weighted by Crippen LogP contribution is 2.23. The van der Waals surface area contributed by atoms with Gasteiger partial charge in [0.1, 0.15) is 5.82 Å². The van der Waals surface area contributed by atoms with E-state index in [1.165, 1.54) is 5.56 Å². The first-order valence-electron chi connectivity index (χ1n) is 6.72. The lowest BCUT2D eigenvalue weighted by Gasteiger charge is -2.17. The van der Waals surface area contributed by atoms with Gasteiger partial charge in [0.25, 0.3) is 0 Å². The summed E-state index contributed by atoms with van der Waals surface area (Å²) in [6.45, 7) is 6.96. The Labute approximate surface area is 114 Å². The van der Waals surface area contributed by atoms with Crippen LogP contribution in [0.3, 0.4) is 0 Å². The van der Waals surface area contributed by atoms with Gasteiger partial charge in [-0.05, 0) is 18.9 Å². The Morgan fingerprint density at radius 2 is 1.79 bits per heavy atom. The van der Waals surface area contributed by atoms with Gasteiger partial charge in [0.2, 0.25) is 0 Å². The van der Waals surface area contributed by atoms with E-state index in [9.17, 15) is 0 Å². The third-order valence-electron chi connectivity index (χ3n) is 3.41. The molecule has 1 aromatic heterocycles. The zero-order chi connectivity index (χ0) is 13.8. The quantitative estimate of drug-likeness (QED) is 0.913. The molecule has 0 aliphatic carbocycles. The average Bonchev–Trinajstić information content (AvgIpc) is 2.40. The molecule has 3 heteroatoms. The highest BCUT2D eigenvalue weighted by Gasteiger charge is 2.17. The van der Waals surface area contributed by atoms with Crippen LogP contribution in [0.25, 0.3) is 11.3 Å². The summed E-state index contributed by atoms with van der Waals surface area (Å²) in [6, 6.07) is 10.3. The fourth-order valence-corrected chi connectivity index (χ4v) is 2.11. The number of aryl methyl sites for hydroxylation is 1. The number of aromatic nitrogens is 2. The Kier molecular flexibility index (Phi) is 4.27. The van der Waals surface area contributed by atoms with Crippen LogP contribution < -0.4 is 5.73 Å². The molecule has 2 rings (SSSR count). The lowest BCUT2D eigenvalue weighted by molar-refractivity contribution is 0.483. The molecular formula is C16H21N3. The van der Waals surface area contributed by atoms with Crippen molar-refractivity contribution in [3.05, 3.63) is 47.9 Å². The maximum atomic E-state index is 5.83. The van der Waals surface area contributed by atoms with Crippen LogP contribution in [0.5, 0.6) is 0 Å². The van der Waals surface area contributed by atoms with Crippen molar-refractivity contribution >= 4 is 0 Å². The highest BCUT2D eigenvalue weighted by atomic mass is 14.9. The van der Waals surface area contributed by atoms with Crippen LogP contribution in [0, 0.1) is 12.8 Å². The van der Waals surface area contributed by atoms with Gasteiger partial charge in [-0.1, -0.05) is 43.7 Å². The van der Waals surface area contributed by atoms with E-state index in [2.05, 4.69) is 55.0 Å². The van der Waals surface area contributed by atoms with E-state index in [0.717, 1.165) is 17.1 Å². The summed E-state index contributed by atoms with van der Waals surface area (Å²) in [5, 5.41) is 0. The molecule has 19 heavy (non-hydrogen) atoms. The zero-order valence-corrected chi connectivity index (χ0v) is 11.8. The molecule has 0 saturated carbocycles. The third-order valence-corrected chi connectivity index (χ3v) is 3.41. The van der Waals surface area contributed by atoms with Crippen LogP contribution in [0.2, 0.25) is 0 Å². The molecule has 0 aliphatic heterocycles. The van der Waals surface area contributed by atoms with Gasteiger partial charge < -0.3 is 5.73 Å². The Balaban J connectivity index is 2.36. The largest absolute Gasteiger partial charge is 0.330 e. The van der Waals surface area contributed by atoms with Crippen molar-refractivity contribution in [2.75, 3.05) is 6.54 Å². The van der Waals surface area contributed by atoms with Gasteiger partial charge in [0, 0.05) is 24.2 Å². The molecular weight excluding hydrogens is 234 g/mol. The summed E-state index contributed by atoms with van der Waals surface area (Å²) < 4.78 is 0. The molecule has 1 aromatic carbocycles. The molecule has 0 fully saturated rings. The van der Waals surface area contributed by atoms with Crippen LogP contribution in [0.15, 0.2) is 36.5 Å². The van der Waals surface area contributed by atoms with Crippen LogP contribution in [-0.2, 0) is 0 Å². The van der Waals surface area contributed by atoms with Crippen LogP contribution in [-0.4, -0.2) is 16.5 Å². The van der Waals surface area contributed by atoms with E-state index in [1.54, 1.807) is 0 Å². The topological polar surface area (TPSA) is 51.8 Å². The maximum Gasteiger partial charge on any atom is 0.133 e. The number of hydrogen-bond acceptors (Lipinski definition) is 3. The Morgan fingerprint density at radius 3 is 2.37 bits per heavy atom. The van der Waals surface area contributed by atoms with Gasteiger partial charge in [-0.25, -0.2) is 9.97 Å². The first-order chi connectivity index (χ1) is 9.11. The van der Waals surface area contributed by atoms with Crippen LogP contribution in [0.4, 0.5) is 0 Å². The fourth-order valence-electron chi connectivity index (χ4n) is 2.11. The lowest BCUT2D eigenvalue weighted by atomic mass is 9.95. The summed E-state index contributed by atoms with van der Waals surface area (Å²) in [7, 11) is 0. The molecule has 100 valence electrons. The summed E-state index contributed by atoms with van der Waals surface area (Å²) in [5.74, 6) is 1.50. The molecule has 0 spiro atoms. The SMILES string of the molecule is Cc1ccc(-c2ccnc(C(CN)C(C)C)n2)cc1. The average molecular weight is 255 g/mol. The van der Waals surface area contributed by atoms with Crippen molar-refractivity contribution in [2.24, 2.45) is 11.7 Å². The minimum Gasteiger partial charge on any atom is -0.330 e. The van der Waals surface area contributed by atoms with E-state index in [1.807, 2.05) is 12.3 Å². The highest BCUT2D eigenvalue weighted by molar-refractivity contribution is 5.58. The van der Waals surface area contributed by atoms with Crippen molar-refractivity contribution < 1.29 is 0 Å². The summed E-state index contributed by atoms with van der Waals surface area (Å²) in [4.78, 5) is 9.06. The summed E-state index contributed by atoms with van der Waals surface area (Å²) in [6.07, 6.45) is 1.82. The first-order valence-corrected chi connectivity index (χ1v) is 6.72. The second kappa shape index (κ2) is 5.93.